The molecule has 0 bridgehead atoms. The van der Waals surface area contributed by atoms with Gasteiger partial charge < -0.3 is 10.2 Å². The number of nitrogens with zero attached hydrogens (tertiary/aromatic N) is 2. The molecule has 1 N–H and O–H groups in total. The molecule has 0 aliphatic carbocycles. The predicted molar refractivity (Wildman–Crippen MR) is 114 cm³/mol. The van der Waals surface area contributed by atoms with Crippen LogP contribution in [0.1, 0.15) is 44.8 Å². The number of nitrogens with one attached hydrogen (secondary N) is 1. The van der Waals surface area contributed by atoms with E-state index in [-0.39, 0.29) is 17.9 Å². The molecule has 0 aliphatic rings. The van der Waals surface area contributed by atoms with Gasteiger partial charge >= 0.3 is 0 Å². The molecule has 0 aliphatic heterocycles. The molecule has 1 atom stereocenters. The second-order valence-electron chi connectivity index (χ2n) is 7.02. The molecule has 1 unspecified atom stereocenters. The van der Waals surface area contributed by atoms with Gasteiger partial charge in [-0.2, -0.15) is 0 Å². The van der Waals surface area contributed by atoms with Crippen molar-refractivity contribution in [1.82, 2.24) is 15.2 Å². The summed E-state index contributed by atoms with van der Waals surface area (Å²) in [6.07, 6.45) is 4.27. The van der Waals surface area contributed by atoms with Crippen LogP contribution in [0.4, 0.5) is 0 Å². The molecule has 5 heteroatoms. The molecule has 0 fully saturated rings. The number of rotatable bonds is 7. The maximum atomic E-state index is 12.6. The summed E-state index contributed by atoms with van der Waals surface area (Å²) in [5, 5.41) is 2.98. The molecule has 0 spiro atoms. The molecule has 5 nitrogen and oxygen atoms in total. The van der Waals surface area contributed by atoms with Gasteiger partial charge in [-0.3, -0.25) is 14.6 Å². The number of aromatic nitrogens is 1. The minimum Gasteiger partial charge on any atom is -0.346 e. The molecule has 2 amide bonds. The molecule has 0 saturated heterocycles. The largest absolute Gasteiger partial charge is 0.346 e. The van der Waals surface area contributed by atoms with Gasteiger partial charge in [0.2, 0.25) is 0 Å². The lowest BCUT2D eigenvalue weighted by Crippen LogP contribution is -2.29. The van der Waals surface area contributed by atoms with E-state index in [2.05, 4.69) is 10.3 Å². The van der Waals surface area contributed by atoms with Crippen molar-refractivity contribution in [1.29, 1.82) is 0 Å². The van der Waals surface area contributed by atoms with Crippen molar-refractivity contribution in [3.8, 4) is 0 Å². The summed E-state index contributed by atoms with van der Waals surface area (Å²) >= 11 is 0. The fourth-order valence-electron chi connectivity index (χ4n) is 3.04. The molecular weight excluding hydrogens is 362 g/mol. The summed E-state index contributed by atoms with van der Waals surface area (Å²) in [4.78, 5) is 30.8. The van der Waals surface area contributed by atoms with Crippen LogP contribution in [0.2, 0.25) is 0 Å². The summed E-state index contributed by atoms with van der Waals surface area (Å²) in [6.45, 7) is 2.56. The number of pyridine rings is 1. The van der Waals surface area contributed by atoms with Crippen molar-refractivity contribution in [3.05, 3.63) is 101 Å². The lowest BCUT2D eigenvalue weighted by molar-refractivity contribution is 0.0795. The lowest BCUT2D eigenvalue weighted by atomic mass is 10.1. The topological polar surface area (TPSA) is 62.3 Å². The first-order valence-corrected chi connectivity index (χ1v) is 9.65. The maximum Gasteiger partial charge on any atom is 0.253 e. The zero-order chi connectivity index (χ0) is 20.6. The minimum absolute atomic E-state index is 0.0660. The molecule has 148 valence electrons. The van der Waals surface area contributed by atoms with Crippen LogP contribution in [0.15, 0.2) is 79.1 Å². The fraction of sp³-hybridized carbons (Fsp3) is 0.208. The van der Waals surface area contributed by atoms with Crippen molar-refractivity contribution >= 4 is 11.8 Å². The Bertz CT molecular complexity index is 941. The quantitative estimate of drug-likeness (QED) is 0.669. The average Bonchev–Trinajstić information content (AvgIpc) is 2.78. The molecular formula is C24H25N3O2. The Kier molecular flexibility index (Phi) is 6.74. The number of hydrogen-bond donors (Lipinski definition) is 1. The van der Waals surface area contributed by atoms with Gasteiger partial charge in [0, 0.05) is 37.1 Å². The summed E-state index contributed by atoms with van der Waals surface area (Å²) in [6, 6.07) is 20.4. The molecule has 0 radical (unpaired) electrons. The van der Waals surface area contributed by atoms with E-state index in [1.165, 1.54) is 0 Å². The Balaban J connectivity index is 1.57. The zero-order valence-corrected chi connectivity index (χ0v) is 16.7. The van der Waals surface area contributed by atoms with Crippen LogP contribution in [0.3, 0.4) is 0 Å². The number of benzene rings is 2. The van der Waals surface area contributed by atoms with Gasteiger partial charge in [0.15, 0.2) is 0 Å². The van der Waals surface area contributed by atoms with Gasteiger partial charge in [-0.25, -0.2) is 0 Å². The van der Waals surface area contributed by atoms with Gasteiger partial charge in [0.05, 0.1) is 6.04 Å². The first-order valence-electron chi connectivity index (χ1n) is 9.65. The van der Waals surface area contributed by atoms with Crippen LogP contribution >= 0.6 is 0 Å². The number of amides is 2. The summed E-state index contributed by atoms with van der Waals surface area (Å²) in [5.41, 5.74) is 3.28. The molecule has 0 saturated carbocycles. The van der Waals surface area contributed by atoms with Crippen LogP contribution in [0, 0.1) is 0 Å². The van der Waals surface area contributed by atoms with E-state index < -0.39 is 0 Å². The smallest absolute Gasteiger partial charge is 0.253 e. The molecule has 3 aromatic rings. The average molecular weight is 387 g/mol. The third-order valence-corrected chi connectivity index (χ3v) is 4.87. The second-order valence-corrected chi connectivity index (χ2v) is 7.02. The van der Waals surface area contributed by atoms with Gasteiger partial charge in [-0.05, 0) is 60.9 Å². The van der Waals surface area contributed by atoms with Crippen molar-refractivity contribution in [3.63, 3.8) is 0 Å². The Hall–Kier alpha value is -3.47. The highest BCUT2D eigenvalue weighted by atomic mass is 16.2. The normalized spacial score (nSPS) is 11.5. The number of hydrogen-bond acceptors (Lipinski definition) is 3. The van der Waals surface area contributed by atoms with Crippen molar-refractivity contribution < 1.29 is 9.59 Å². The monoisotopic (exact) mass is 387 g/mol. The van der Waals surface area contributed by atoms with Crippen LogP contribution in [0.5, 0.6) is 0 Å². The zero-order valence-electron chi connectivity index (χ0n) is 16.7. The second kappa shape index (κ2) is 9.64. The molecule has 3 rings (SSSR count). The third-order valence-electron chi connectivity index (χ3n) is 4.87. The van der Waals surface area contributed by atoms with Gasteiger partial charge in [0.25, 0.3) is 11.8 Å². The summed E-state index contributed by atoms with van der Waals surface area (Å²) in [5.74, 6) is -0.227. The Labute approximate surface area is 171 Å². The maximum absolute atomic E-state index is 12.6. The fourth-order valence-corrected chi connectivity index (χ4v) is 3.04. The van der Waals surface area contributed by atoms with E-state index in [1.54, 1.807) is 48.6 Å². The van der Waals surface area contributed by atoms with E-state index in [4.69, 9.17) is 0 Å². The summed E-state index contributed by atoms with van der Waals surface area (Å²) in [7, 11) is 1.78. The van der Waals surface area contributed by atoms with E-state index in [9.17, 15) is 9.59 Å². The van der Waals surface area contributed by atoms with Gasteiger partial charge in [0.1, 0.15) is 0 Å². The first kappa shape index (κ1) is 20.3. The van der Waals surface area contributed by atoms with Crippen LogP contribution in [-0.2, 0) is 6.42 Å². The number of carbonyl (C=O) groups excluding carboxylic acids is 2. The minimum atomic E-state index is -0.161. The van der Waals surface area contributed by atoms with E-state index in [0.29, 0.717) is 17.7 Å². The highest BCUT2D eigenvalue weighted by Crippen LogP contribution is 2.13. The first-order chi connectivity index (χ1) is 14.0. The van der Waals surface area contributed by atoms with Crippen LogP contribution in [-0.4, -0.2) is 35.3 Å². The van der Waals surface area contributed by atoms with Gasteiger partial charge in [-0.1, -0.05) is 30.3 Å². The standard InChI is InChI=1S/C24H25N3O2/c1-18(20-6-4-3-5-7-20)26-23(28)21-8-10-22(11-9-21)24(29)27(2)17-14-19-12-15-25-16-13-19/h3-13,15-16,18H,14,17H2,1-2H3,(H,26,28). The van der Waals surface area contributed by atoms with Gasteiger partial charge in [-0.15, -0.1) is 0 Å². The molecule has 29 heavy (non-hydrogen) atoms. The van der Waals surface area contributed by atoms with E-state index in [1.807, 2.05) is 49.4 Å². The Morgan fingerprint density at radius 1 is 0.931 bits per heavy atom. The number of carbonyl (C=O) groups is 2. The highest BCUT2D eigenvalue weighted by Gasteiger charge is 2.14. The Morgan fingerprint density at radius 3 is 2.21 bits per heavy atom. The van der Waals surface area contributed by atoms with Crippen molar-refractivity contribution in [2.75, 3.05) is 13.6 Å². The molecule has 2 aromatic carbocycles. The Morgan fingerprint density at radius 2 is 1.55 bits per heavy atom. The van der Waals surface area contributed by atoms with Crippen LogP contribution < -0.4 is 5.32 Å². The predicted octanol–water partition coefficient (Wildman–Crippen LogP) is 3.89. The lowest BCUT2D eigenvalue weighted by Gasteiger charge is -2.18. The molecule has 1 heterocycles. The molecule has 1 aromatic heterocycles. The van der Waals surface area contributed by atoms with E-state index >= 15 is 0 Å². The van der Waals surface area contributed by atoms with Crippen LogP contribution in [0.25, 0.3) is 0 Å². The van der Waals surface area contributed by atoms with Crippen molar-refractivity contribution in [2.45, 2.75) is 19.4 Å². The third kappa shape index (κ3) is 5.51. The van der Waals surface area contributed by atoms with E-state index in [0.717, 1.165) is 17.5 Å². The summed E-state index contributed by atoms with van der Waals surface area (Å²) < 4.78 is 0. The SMILES string of the molecule is CC(NC(=O)c1ccc(C(=O)N(C)CCc2ccncc2)cc1)c1ccccc1. The highest BCUT2D eigenvalue weighted by molar-refractivity contribution is 5.97. The van der Waals surface area contributed by atoms with Crippen molar-refractivity contribution in [2.24, 2.45) is 0 Å². The number of likely N-dealkylation sites (N-methyl/N-ethyl adjacent to an activating group) is 1.